The Labute approximate surface area is 165 Å². The van der Waals surface area contributed by atoms with E-state index in [0.29, 0.717) is 21.8 Å². The van der Waals surface area contributed by atoms with Crippen LogP contribution in [0.15, 0.2) is 18.2 Å². The number of carbonyl (C=O) groups is 2. The third kappa shape index (κ3) is 5.35. The van der Waals surface area contributed by atoms with Crippen molar-refractivity contribution in [1.29, 1.82) is 0 Å². The van der Waals surface area contributed by atoms with E-state index in [1.807, 2.05) is 18.9 Å². The highest BCUT2D eigenvalue weighted by molar-refractivity contribution is 6.39. The van der Waals surface area contributed by atoms with Gasteiger partial charge in [0.05, 0.1) is 28.3 Å². The van der Waals surface area contributed by atoms with Gasteiger partial charge in [-0.05, 0) is 38.9 Å². The fourth-order valence-corrected chi connectivity index (χ4v) is 3.78. The summed E-state index contributed by atoms with van der Waals surface area (Å²) in [5.74, 6) is -0.217. The minimum Gasteiger partial charge on any atom is -0.341 e. The van der Waals surface area contributed by atoms with E-state index >= 15 is 0 Å². The van der Waals surface area contributed by atoms with Crippen LogP contribution in [0.5, 0.6) is 0 Å². The molecule has 0 saturated heterocycles. The normalized spacial score (nSPS) is 16.4. The molecule has 2 rings (SSSR count). The van der Waals surface area contributed by atoms with Crippen molar-refractivity contribution in [2.24, 2.45) is 0 Å². The highest BCUT2D eigenvalue weighted by Crippen LogP contribution is 2.29. The standard InChI is InChI=1S/C19H27Cl2N3O2/c1-13(19(26)24(3)14-8-5-4-6-9-14)23(2)12-17(25)22-18-15(20)10-7-11-16(18)21/h7,10-11,13-14H,4-6,8-9,12H2,1-3H3,(H,22,25)/t13-/m1/s1. The number of rotatable bonds is 6. The Kier molecular flexibility index (Phi) is 7.74. The van der Waals surface area contributed by atoms with Crippen LogP contribution in [0.2, 0.25) is 10.0 Å². The van der Waals surface area contributed by atoms with E-state index < -0.39 is 0 Å². The molecule has 1 aliphatic rings. The number of para-hydroxylation sites is 1. The van der Waals surface area contributed by atoms with Gasteiger partial charge in [-0.3, -0.25) is 14.5 Å². The first-order chi connectivity index (χ1) is 12.3. The number of benzene rings is 1. The van der Waals surface area contributed by atoms with E-state index in [2.05, 4.69) is 5.32 Å². The molecule has 1 atom stereocenters. The van der Waals surface area contributed by atoms with E-state index in [0.717, 1.165) is 12.8 Å². The van der Waals surface area contributed by atoms with Crippen LogP contribution in [-0.2, 0) is 9.59 Å². The van der Waals surface area contributed by atoms with Crippen LogP contribution in [-0.4, -0.2) is 54.3 Å². The highest BCUT2D eigenvalue weighted by Gasteiger charge is 2.28. The lowest BCUT2D eigenvalue weighted by molar-refractivity contribution is -0.137. The minimum atomic E-state index is -0.380. The molecule has 7 heteroatoms. The van der Waals surface area contributed by atoms with Crippen molar-refractivity contribution < 1.29 is 9.59 Å². The Balaban J connectivity index is 1.92. The minimum absolute atomic E-state index is 0.0444. The van der Waals surface area contributed by atoms with Crippen molar-refractivity contribution in [3.8, 4) is 0 Å². The van der Waals surface area contributed by atoms with Gasteiger partial charge in [0.25, 0.3) is 0 Å². The fourth-order valence-electron chi connectivity index (χ4n) is 3.29. The summed E-state index contributed by atoms with van der Waals surface area (Å²) in [5, 5.41) is 3.49. The molecule has 5 nitrogen and oxygen atoms in total. The zero-order valence-electron chi connectivity index (χ0n) is 15.6. The SMILES string of the molecule is C[C@H](C(=O)N(C)C1CCCCC1)N(C)CC(=O)Nc1c(Cl)cccc1Cl. The van der Waals surface area contributed by atoms with Gasteiger partial charge in [-0.25, -0.2) is 0 Å². The predicted molar refractivity (Wildman–Crippen MR) is 107 cm³/mol. The Morgan fingerprint density at radius 2 is 1.73 bits per heavy atom. The first-order valence-corrected chi connectivity index (χ1v) is 9.77. The van der Waals surface area contributed by atoms with Crippen LogP contribution in [0.3, 0.4) is 0 Å². The van der Waals surface area contributed by atoms with Crippen LogP contribution >= 0.6 is 23.2 Å². The summed E-state index contributed by atoms with van der Waals surface area (Å²) in [6.07, 6.45) is 5.72. The average molecular weight is 400 g/mol. The first kappa shape index (κ1) is 21.0. The lowest BCUT2D eigenvalue weighted by Gasteiger charge is -2.35. The van der Waals surface area contributed by atoms with Crippen molar-refractivity contribution in [3.63, 3.8) is 0 Å². The summed E-state index contributed by atoms with van der Waals surface area (Å²) < 4.78 is 0. The second kappa shape index (κ2) is 9.58. The molecule has 0 unspecified atom stereocenters. The summed E-state index contributed by atoms with van der Waals surface area (Å²) in [6.45, 7) is 1.91. The van der Waals surface area contributed by atoms with Gasteiger partial charge in [-0.1, -0.05) is 48.5 Å². The number of nitrogens with one attached hydrogen (secondary N) is 1. The van der Waals surface area contributed by atoms with Gasteiger partial charge in [-0.2, -0.15) is 0 Å². The lowest BCUT2D eigenvalue weighted by atomic mass is 9.94. The second-order valence-electron chi connectivity index (χ2n) is 6.98. The van der Waals surface area contributed by atoms with Crippen molar-refractivity contribution in [2.45, 2.75) is 51.1 Å². The molecule has 0 bridgehead atoms. The molecule has 0 aromatic heterocycles. The zero-order valence-corrected chi connectivity index (χ0v) is 17.1. The Hall–Kier alpha value is -1.30. The largest absolute Gasteiger partial charge is 0.341 e. The van der Waals surface area contributed by atoms with E-state index in [4.69, 9.17) is 23.2 Å². The Morgan fingerprint density at radius 1 is 1.15 bits per heavy atom. The predicted octanol–water partition coefficient (Wildman–Crippen LogP) is 4.04. The van der Waals surface area contributed by atoms with Gasteiger partial charge >= 0.3 is 0 Å². The molecule has 0 heterocycles. The molecular formula is C19H27Cl2N3O2. The van der Waals surface area contributed by atoms with Gasteiger partial charge in [0.2, 0.25) is 11.8 Å². The molecule has 0 radical (unpaired) electrons. The molecule has 1 aromatic rings. The maximum absolute atomic E-state index is 12.7. The molecule has 26 heavy (non-hydrogen) atoms. The van der Waals surface area contributed by atoms with E-state index in [1.54, 1.807) is 30.1 Å². The summed E-state index contributed by atoms with van der Waals surface area (Å²) in [7, 11) is 3.64. The number of hydrogen-bond donors (Lipinski definition) is 1. The van der Waals surface area contributed by atoms with Crippen LogP contribution in [0.25, 0.3) is 0 Å². The number of hydrogen-bond acceptors (Lipinski definition) is 3. The first-order valence-electron chi connectivity index (χ1n) is 9.02. The Bertz CT molecular complexity index is 627. The summed E-state index contributed by atoms with van der Waals surface area (Å²) in [4.78, 5) is 28.7. The number of carbonyl (C=O) groups excluding carboxylic acids is 2. The van der Waals surface area contributed by atoms with Crippen LogP contribution in [0, 0.1) is 0 Å². The summed E-state index contributed by atoms with van der Waals surface area (Å²) in [6, 6.07) is 4.97. The molecule has 1 aliphatic carbocycles. The van der Waals surface area contributed by atoms with Crippen LogP contribution in [0.1, 0.15) is 39.0 Å². The number of anilines is 1. The second-order valence-corrected chi connectivity index (χ2v) is 7.79. The van der Waals surface area contributed by atoms with E-state index in [9.17, 15) is 9.59 Å². The lowest BCUT2D eigenvalue weighted by Crippen LogP contribution is -2.49. The van der Waals surface area contributed by atoms with E-state index in [-0.39, 0.29) is 24.4 Å². The molecule has 1 N–H and O–H groups in total. The van der Waals surface area contributed by atoms with Crippen molar-refractivity contribution in [2.75, 3.05) is 26.0 Å². The number of nitrogens with zero attached hydrogens (tertiary/aromatic N) is 2. The van der Waals surface area contributed by atoms with Crippen molar-refractivity contribution in [1.82, 2.24) is 9.80 Å². The van der Waals surface area contributed by atoms with Gasteiger partial charge in [0.1, 0.15) is 0 Å². The third-order valence-electron chi connectivity index (χ3n) is 5.11. The number of likely N-dealkylation sites (N-methyl/N-ethyl adjacent to an activating group) is 2. The maximum atomic E-state index is 12.7. The van der Waals surface area contributed by atoms with Crippen LogP contribution in [0.4, 0.5) is 5.69 Å². The van der Waals surface area contributed by atoms with Gasteiger partial charge in [0, 0.05) is 13.1 Å². The van der Waals surface area contributed by atoms with E-state index in [1.165, 1.54) is 19.3 Å². The molecule has 0 spiro atoms. The summed E-state index contributed by atoms with van der Waals surface area (Å²) in [5.41, 5.74) is 0.396. The van der Waals surface area contributed by atoms with Crippen LogP contribution < -0.4 is 5.32 Å². The van der Waals surface area contributed by atoms with Crippen molar-refractivity contribution in [3.05, 3.63) is 28.2 Å². The average Bonchev–Trinajstić information content (AvgIpc) is 2.63. The zero-order chi connectivity index (χ0) is 19.3. The van der Waals surface area contributed by atoms with Gasteiger partial charge in [-0.15, -0.1) is 0 Å². The van der Waals surface area contributed by atoms with Gasteiger partial charge < -0.3 is 10.2 Å². The molecule has 1 aromatic carbocycles. The number of halogens is 2. The Morgan fingerprint density at radius 3 is 2.31 bits per heavy atom. The molecule has 2 amide bonds. The maximum Gasteiger partial charge on any atom is 0.239 e. The molecule has 0 aliphatic heterocycles. The molecule has 144 valence electrons. The summed E-state index contributed by atoms with van der Waals surface area (Å²) >= 11 is 12.2. The molecule has 1 saturated carbocycles. The van der Waals surface area contributed by atoms with Crippen molar-refractivity contribution >= 4 is 40.7 Å². The topological polar surface area (TPSA) is 52.7 Å². The molecular weight excluding hydrogens is 373 g/mol. The number of amides is 2. The smallest absolute Gasteiger partial charge is 0.239 e. The fraction of sp³-hybridized carbons (Fsp3) is 0.579. The quantitative estimate of drug-likeness (QED) is 0.784. The monoisotopic (exact) mass is 399 g/mol. The van der Waals surface area contributed by atoms with Gasteiger partial charge in [0.15, 0.2) is 0 Å². The highest BCUT2D eigenvalue weighted by atomic mass is 35.5. The third-order valence-corrected chi connectivity index (χ3v) is 5.74. The molecule has 1 fully saturated rings.